The minimum Gasteiger partial charge on any atom is -0.504 e. The number of hydrogen-bond acceptors (Lipinski definition) is 6. The summed E-state index contributed by atoms with van der Waals surface area (Å²) in [7, 11) is 0. The Labute approximate surface area is 102 Å². The highest BCUT2D eigenvalue weighted by molar-refractivity contribution is 5.60. The second-order valence-electron chi connectivity index (χ2n) is 4.82. The molecule has 96 valence electrons. The first kappa shape index (κ1) is 10.4. The van der Waals surface area contributed by atoms with Crippen LogP contribution in [-0.2, 0) is 14.2 Å². The maximum atomic E-state index is 9.98. The standard InChI is InChI=1S/C12H12O6/c13-5-1-4-8(10(15)9(5)14)12-7(18-12)3-16-2-6-11(4)17-6/h1,6-7,11-15H,2-3H2. The van der Waals surface area contributed by atoms with E-state index in [0.717, 1.165) is 0 Å². The Balaban J connectivity index is 1.88. The van der Waals surface area contributed by atoms with E-state index in [2.05, 4.69) is 0 Å². The van der Waals surface area contributed by atoms with Crippen molar-refractivity contribution in [1.82, 2.24) is 0 Å². The summed E-state index contributed by atoms with van der Waals surface area (Å²) in [6.45, 7) is 0.914. The van der Waals surface area contributed by atoms with Crippen LogP contribution in [0.1, 0.15) is 23.3 Å². The molecule has 1 aromatic rings. The third-order valence-electron chi connectivity index (χ3n) is 3.65. The Morgan fingerprint density at radius 3 is 2.39 bits per heavy atom. The second-order valence-corrected chi connectivity index (χ2v) is 4.82. The van der Waals surface area contributed by atoms with Crippen LogP contribution in [0.5, 0.6) is 17.2 Å². The Hall–Kier alpha value is -1.50. The van der Waals surface area contributed by atoms with Crippen molar-refractivity contribution in [3.05, 3.63) is 17.2 Å². The number of ether oxygens (including phenoxy) is 3. The van der Waals surface area contributed by atoms with Gasteiger partial charge in [-0.1, -0.05) is 0 Å². The molecule has 4 atom stereocenters. The van der Waals surface area contributed by atoms with Crippen LogP contribution in [0, 0.1) is 0 Å². The highest BCUT2D eigenvalue weighted by atomic mass is 16.6. The van der Waals surface area contributed by atoms with Crippen molar-refractivity contribution in [2.75, 3.05) is 13.2 Å². The van der Waals surface area contributed by atoms with Gasteiger partial charge in [-0.25, -0.2) is 0 Å². The van der Waals surface area contributed by atoms with Crippen LogP contribution in [0.2, 0.25) is 0 Å². The Morgan fingerprint density at radius 1 is 0.944 bits per heavy atom. The zero-order chi connectivity index (χ0) is 12.4. The first-order valence-electron chi connectivity index (χ1n) is 5.83. The van der Waals surface area contributed by atoms with Crippen LogP contribution in [0.3, 0.4) is 0 Å². The Bertz CT molecular complexity index is 528. The van der Waals surface area contributed by atoms with Crippen LogP contribution in [0.15, 0.2) is 6.07 Å². The van der Waals surface area contributed by atoms with E-state index in [1.54, 1.807) is 0 Å². The van der Waals surface area contributed by atoms with Gasteiger partial charge in [0, 0.05) is 5.56 Å². The van der Waals surface area contributed by atoms with Crippen molar-refractivity contribution in [3.63, 3.8) is 0 Å². The zero-order valence-corrected chi connectivity index (χ0v) is 9.37. The fourth-order valence-corrected chi connectivity index (χ4v) is 2.58. The smallest absolute Gasteiger partial charge is 0.200 e. The third-order valence-corrected chi connectivity index (χ3v) is 3.65. The van der Waals surface area contributed by atoms with E-state index in [-0.39, 0.29) is 35.9 Å². The van der Waals surface area contributed by atoms with Gasteiger partial charge in [0.2, 0.25) is 5.75 Å². The van der Waals surface area contributed by atoms with Gasteiger partial charge < -0.3 is 29.5 Å². The SMILES string of the molecule is Oc1cc2c(c(O)c1O)C1OC1COCC1OC21. The second kappa shape index (κ2) is 3.28. The van der Waals surface area contributed by atoms with E-state index >= 15 is 0 Å². The molecule has 4 unspecified atom stereocenters. The van der Waals surface area contributed by atoms with E-state index in [1.807, 2.05) is 0 Å². The molecular formula is C12H12O6. The van der Waals surface area contributed by atoms with Gasteiger partial charge in [-0.15, -0.1) is 0 Å². The van der Waals surface area contributed by atoms with Gasteiger partial charge in [0.1, 0.15) is 24.4 Å². The molecule has 3 N–H and O–H groups in total. The lowest BCUT2D eigenvalue weighted by molar-refractivity contribution is 0.102. The van der Waals surface area contributed by atoms with E-state index in [0.29, 0.717) is 24.3 Å². The summed E-state index contributed by atoms with van der Waals surface area (Å²) in [5.41, 5.74) is 1.18. The van der Waals surface area contributed by atoms with Crippen LogP contribution >= 0.6 is 0 Å². The predicted molar refractivity (Wildman–Crippen MR) is 57.5 cm³/mol. The van der Waals surface area contributed by atoms with Crippen molar-refractivity contribution in [1.29, 1.82) is 0 Å². The van der Waals surface area contributed by atoms with E-state index < -0.39 is 5.75 Å². The van der Waals surface area contributed by atoms with Gasteiger partial charge in [-0.2, -0.15) is 0 Å². The topological polar surface area (TPSA) is 95.0 Å². The molecule has 0 spiro atoms. The Kier molecular flexibility index (Phi) is 1.90. The molecular weight excluding hydrogens is 240 g/mol. The summed E-state index contributed by atoms with van der Waals surface area (Å²) in [5.74, 6) is -1.19. The number of hydrogen-bond donors (Lipinski definition) is 3. The van der Waals surface area contributed by atoms with Gasteiger partial charge in [-0.3, -0.25) is 0 Å². The van der Waals surface area contributed by atoms with Crippen LogP contribution < -0.4 is 0 Å². The van der Waals surface area contributed by atoms with Crippen LogP contribution in [0.25, 0.3) is 0 Å². The first-order chi connectivity index (χ1) is 8.66. The molecule has 18 heavy (non-hydrogen) atoms. The highest BCUT2D eigenvalue weighted by Gasteiger charge is 2.51. The molecule has 6 nitrogen and oxygen atoms in total. The van der Waals surface area contributed by atoms with Crippen molar-refractivity contribution >= 4 is 0 Å². The maximum Gasteiger partial charge on any atom is 0.200 e. The average molecular weight is 252 g/mol. The monoisotopic (exact) mass is 252 g/mol. The maximum absolute atomic E-state index is 9.98. The number of phenolic OH excluding ortho intramolecular Hbond substituents is 3. The van der Waals surface area contributed by atoms with Gasteiger partial charge in [0.05, 0.1) is 13.2 Å². The van der Waals surface area contributed by atoms with Crippen molar-refractivity contribution in [2.45, 2.75) is 24.4 Å². The highest BCUT2D eigenvalue weighted by Crippen LogP contribution is 2.55. The number of phenols is 3. The summed E-state index contributed by atoms with van der Waals surface area (Å²) >= 11 is 0. The number of epoxide rings is 2. The molecule has 3 heterocycles. The van der Waals surface area contributed by atoms with Gasteiger partial charge in [0.15, 0.2) is 11.5 Å². The number of aromatic hydroxyl groups is 3. The minimum absolute atomic E-state index is 0.0513. The summed E-state index contributed by atoms with van der Waals surface area (Å²) in [4.78, 5) is 0. The molecule has 0 radical (unpaired) electrons. The largest absolute Gasteiger partial charge is 0.504 e. The van der Waals surface area contributed by atoms with E-state index in [9.17, 15) is 15.3 Å². The average Bonchev–Trinajstić information content (AvgIpc) is 3.23. The van der Waals surface area contributed by atoms with E-state index in [1.165, 1.54) is 6.07 Å². The Morgan fingerprint density at radius 2 is 1.61 bits per heavy atom. The summed E-state index contributed by atoms with van der Waals surface area (Å²) in [6, 6.07) is 1.43. The van der Waals surface area contributed by atoms with E-state index in [4.69, 9.17) is 14.2 Å². The summed E-state index contributed by atoms with van der Waals surface area (Å²) < 4.78 is 16.3. The lowest BCUT2D eigenvalue weighted by Crippen LogP contribution is -2.06. The number of fused-ring (bicyclic) bond motifs is 5. The third kappa shape index (κ3) is 1.33. The number of benzene rings is 1. The summed E-state index contributed by atoms with van der Waals surface area (Å²) in [6.07, 6.45) is -0.657. The molecule has 0 bridgehead atoms. The molecule has 0 saturated carbocycles. The fourth-order valence-electron chi connectivity index (χ4n) is 2.58. The molecule has 2 saturated heterocycles. The molecule has 3 aliphatic heterocycles. The first-order valence-corrected chi connectivity index (χ1v) is 5.83. The van der Waals surface area contributed by atoms with Gasteiger partial charge >= 0.3 is 0 Å². The molecule has 6 heteroatoms. The van der Waals surface area contributed by atoms with Crippen LogP contribution in [-0.4, -0.2) is 40.7 Å². The molecule has 0 aromatic heterocycles. The van der Waals surface area contributed by atoms with Gasteiger partial charge in [0.25, 0.3) is 0 Å². The van der Waals surface area contributed by atoms with Gasteiger partial charge in [-0.05, 0) is 11.6 Å². The van der Waals surface area contributed by atoms with Crippen molar-refractivity contribution in [2.24, 2.45) is 0 Å². The predicted octanol–water partition coefficient (Wildman–Crippen LogP) is 0.713. The molecule has 2 fully saturated rings. The lowest BCUT2D eigenvalue weighted by Gasteiger charge is -2.10. The quantitative estimate of drug-likeness (QED) is 0.465. The molecule has 4 rings (SSSR count). The molecule has 3 aliphatic rings. The fraction of sp³-hybridized carbons (Fsp3) is 0.500. The van der Waals surface area contributed by atoms with Crippen molar-refractivity contribution in [3.8, 4) is 17.2 Å². The van der Waals surface area contributed by atoms with Crippen molar-refractivity contribution < 1.29 is 29.5 Å². The zero-order valence-electron chi connectivity index (χ0n) is 9.37. The molecule has 0 aliphatic carbocycles. The lowest BCUT2D eigenvalue weighted by atomic mass is 9.97. The number of rotatable bonds is 0. The van der Waals surface area contributed by atoms with Crippen LogP contribution in [0.4, 0.5) is 0 Å². The normalized spacial score (nSPS) is 36.4. The molecule has 0 amide bonds. The summed E-state index contributed by atoms with van der Waals surface area (Å²) in [5, 5.41) is 29.2. The molecule has 1 aromatic carbocycles. The minimum atomic E-state index is -0.514.